The molecule has 1 saturated heterocycles. The molecule has 0 saturated carbocycles. The maximum Gasteiger partial charge on any atom is 0.318 e. The van der Waals surface area contributed by atoms with E-state index in [1.54, 1.807) is 25.6 Å². The van der Waals surface area contributed by atoms with Crippen LogP contribution in [-0.2, 0) is 0 Å². The summed E-state index contributed by atoms with van der Waals surface area (Å²) in [5.74, 6) is 1.49. The van der Waals surface area contributed by atoms with Crippen molar-refractivity contribution in [3.63, 3.8) is 0 Å². The number of urea groups is 1. The lowest BCUT2D eigenvalue weighted by molar-refractivity contribution is 0.189. The number of hydrogen-bond donors (Lipinski definition) is 1. The molecular formula is C19H25N3O3S. The number of methoxy groups -OCH3 is 2. The fourth-order valence-electron chi connectivity index (χ4n) is 3.33. The van der Waals surface area contributed by atoms with Gasteiger partial charge in [-0.2, -0.15) is 0 Å². The average molecular weight is 375 g/mol. The van der Waals surface area contributed by atoms with Crippen LogP contribution in [0.25, 0.3) is 0 Å². The van der Waals surface area contributed by atoms with Gasteiger partial charge in [0.25, 0.3) is 0 Å². The molecule has 1 aliphatic heterocycles. The SMILES string of the molecule is COc1ccc(C2CCCN2C(=O)NC(C)c2nc(C)cs2)c(OC)c1. The van der Waals surface area contributed by atoms with Crippen molar-refractivity contribution in [2.24, 2.45) is 0 Å². The zero-order valence-corrected chi connectivity index (χ0v) is 16.4. The number of nitrogens with one attached hydrogen (secondary N) is 1. The Hall–Kier alpha value is -2.28. The summed E-state index contributed by atoms with van der Waals surface area (Å²) in [7, 11) is 3.27. The molecule has 1 aromatic carbocycles. The molecule has 7 heteroatoms. The van der Waals surface area contributed by atoms with Gasteiger partial charge in [0.05, 0.1) is 26.3 Å². The van der Waals surface area contributed by atoms with E-state index in [9.17, 15) is 4.79 Å². The second kappa shape index (κ2) is 7.95. The van der Waals surface area contributed by atoms with Crippen molar-refractivity contribution in [2.45, 2.75) is 38.8 Å². The number of amides is 2. The van der Waals surface area contributed by atoms with E-state index < -0.39 is 0 Å². The minimum absolute atomic E-state index is 0.00101. The second-order valence-electron chi connectivity index (χ2n) is 6.46. The molecule has 1 aromatic heterocycles. The van der Waals surface area contributed by atoms with Crippen LogP contribution >= 0.6 is 11.3 Å². The first-order valence-corrected chi connectivity index (χ1v) is 9.62. The number of likely N-dealkylation sites (tertiary alicyclic amines) is 1. The van der Waals surface area contributed by atoms with Gasteiger partial charge in [0.15, 0.2) is 0 Å². The largest absolute Gasteiger partial charge is 0.497 e. The van der Waals surface area contributed by atoms with Crippen LogP contribution < -0.4 is 14.8 Å². The van der Waals surface area contributed by atoms with E-state index in [4.69, 9.17) is 9.47 Å². The maximum atomic E-state index is 12.9. The van der Waals surface area contributed by atoms with Gasteiger partial charge in [-0.15, -0.1) is 11.3 Å². The Morgan fingerprint density at radius 2 is 2.19 bits per heavy atom. The molecule has 2 amide bonds. The summed E-state index contributed by atoms with van der Waals surface area (Å²) < 4.78 is 10.8. The van der Waals surface area contributed by atoms with E-state index in [0.29, 0.717) is 0 Å². The van der Waals surface area contributed by atoms with Gasteiger partial charge in [0.2, 0.25) is 0 Å². The molecule has 2 unspecified atom stereocenters. The Kier molecular flexibility index (Phi) is 5.66. The lowest BCUT2D eigenvalue weighted by Gasteiger charge is -2.28. The van der Waals surface area contributed by atoms with Gasteiger partial charge in [0.1, 0.15) is 16.5 Å². The standard InChI is InChI=1S/C19H25N3O3S/c1-12-11-26-18(20-12)13(2)21-19(23)22-9-5-6-16(22)15-8-7-14(24-3)10-17(15)25-4/h7-8,10-11,13,16H,5-6,9H2,1-4H3,(H,21,23). The molecule has 0 bridgehead atoms. The lowest BCUT2D eigenvalue weighted by atomic mass is 10.0. The van der Waals surface area contributed by atoms with Gasteiger partial charge in [-0.05, 0) is 38.8 Å². The molecule has 140 valence electrons. The Balaban J connectivity index is 1.76. The molecule has 3 rings (SSSR count). The van der Waals surface area contributed by atoms with Crippen LogP contribution in [0.3, 0.4) is 0 Å². The number of aryl methyl sites for hydroxylation is 1. The van der Waals surface area contributed by atoms with E-state index in [-0.39, 0.29) is 18.1 Å². The predicted octanol–water partition coefficient (Wildman–Crippen LogP) is 4.08. The number of hydrogen-bond acceptors (Lipinski definition) is 5. The van der Waals surface area contributed by atoms with E-state index in [1.807, 2.05) is 42.3 Å². The van der Waals surface area contributed by atoms with Gasteiger partial charge in [-0.3, -0.25) is 0 Å². The Morgan fingerprint density at radius 3 is 2.85 bits per heavy atom. The first kappa shape index (κ1) is 18.5. The summed E-state index contributed by atoms with van der Waals surface area (Å²) >= 11 is 1.57. The topological polar surface area (TPSA) is 63.7 Å². The second-order valence-corrected chi connectivity index (χ2v) is 7.35. The van der Waals surface area contributed by atoms with Gasteiger partial charge in [-0.1, -0.05) is 0 Å². The first-order valence-electron chi connectivity index (χ1n) is 8.74. The first-order chi connectivity index (χ1) is 12.5. The quantitative estimate of drug-likeness (QED) is 0.855. The molecule has 2 aromatic rings. The maximum absolute atomic E-state index is 12.9. The normalized spacial score (nSPS) is 17.8. The van der Waals surface area contributed by atoms with Crippen molar-refractivity contribution in [1.82, 2.24) is 15.2 Å². The molecule has 1 fully saturated rings. The Labute approximate surface area is 158 Å². The van der Waals surface area contributed by atoms with Crippen LogP contribution in [0.1, 0.15) is 48.1 Å². The van der Waals surface area contributed by atoms with Crippen molar-refractivity contribution < 1.29 is 14.3 Å². The van der Waals surface area contributed by atoms with Gasteiger partial charge in [-0.25, -0.2) is 9.78 Å². The fraction of sp³-hybridized carbons (Fsp3) is 0.474. The molecule has 2 atom stereocenters. The smallest absolute Gasteiger partial charge is 0.318 e. The van der Waals surface area contributed by atoms with Crippen molar-refractivity contribution >= 4 is 17.4 Å². The number of aromatic nitrogens is 1. The van der Waals surface area contributed by atoms with Crippen molar-refractivity contribution in [3.8, 4) is 11.5 Å². The number of rotatable bonds is 5. The highest BCUT2D eigenvalue weighted by Gasteiger charge is 2.32. The molecule has 0 radical (unpaired) electrons. The van der Waals surface area contributed by atoms with Crippen LogP contribution in [0.4, 0.5) is 4.79 Å². The van der Waals surface area contributed by atoms with Crippen LogP contribution in [-0.4, -0.2) is 36.7 Å². The molecular weight excluding hydrogens is 350 g/mol. The zero-order valence-electron chi connectivity index (χ0n) is 15.6. The van der Waals surface area contributed by atoms with Crippen LogP contribution in [0.15, 0.2) is 23.6 Å². The summed E-state index contributed by atoms with van der Waals surface area (Å²) in [6.45, 7) is 4.66. The number of benzene rings is 1. The molecule has 1 aliphatic rings. The summed E-state index contributed by atoms with van der Waals surface area (Å²) in [4.78, 5) is 19.2. The van der Waals surface area contributed by atoms with Crippen LogP contribution in [0.5, 0.6) is 11.5 Å². The summed E-state index contributed by atoms with van der Waals surface area (Å²) in [5, 5.41) is 6.00. The molecule has 0 aliphatic carbocycles. The van der Waals surface area contributed by atoms with Crippen LogP contribution in [0.2, 0.25) is 0 Å². The molecule has 6 nitrogen and oxygen atoms in total. The fourth-order valence-corrected chi connectivity index (χ4v) is 4.13. The number of carbonyl (C=O) groups is 1. The van der Waals surface area contributed by atoms with E-state index in [2.05, 4.69) is 10.3 Å². The highest BCUT2D eigenvalue weighted by molar-refractivity contribution is 7.09. The lowest BCUT2D eigenvalue weighted by Crippen LogP contribution is -2.40. The van der Waals surface area contributed by atoms with Gasteiger partial charge >= 0.3 is 6.03 Å². The highest BCUT2D eigenvalue weighted by Crippen LogP contribution is 2.38. The number of ether oxygens (including phenoxy) is 2. The third kappa shape index (κ3) is 3.77. The summed E-state index contributed by atoms with van der Waals surface area (Å²) in [6, 6.07) is 5.59. The van der Waals surface area contributed by atoms with Crippen molar-refractivity contribution in [3.05, 3.63) is 39.8 Å². The summed E-state index contributed by atoms with van der Waals surface area (Å²) in [6.07, 6.45) is 1.89. The van der Waals surface area contributed by atoms with E-state index in [0.717, 1.165) is 47.2 Å². The molecule has 2 heterocycles. The minimum Gasteiger partial charge on any atom is -0.497 e. The molecule has 1 N–H and O–H groups in total. The number of thiazole rings is 1. The van der Waals surface area contributed by atoms with Crippen molar-refractivity contribution in [1.29, 1.82) is 0 Å². The Bertz CT molecular complexity index is 777. The average Bonchev–Trinajstić information content (AvgIpc) is 3.30. The third-order valence-electron chi connectivity index (χ3n) is 4.66. The number of carbonyl (C=O) groups excluding carboxylic acids is 1. The summed E-state index contributed by atoms with van der Waals surface area (Å²) in [5.41, 5.74) is 1.99. The monoisotopic (exact) mass is 375 g/mol. The molecule has 0 spiro atoms. The van der Waals surface area contributed by atoms with Gasteiger partial charge in [0, 0.05) is 29.2 Å². The highest BCUT2D eigenvalue weighted by atomic mass is 32.1. The van der Waals surface area contributed by atoms with E-state index in [1.165, 1.54) is 0 Å². The van der Waals surface area contributed by atoms with E-state index >= 15 is 0 Å². The van der Waals surface area contributed by atoms with Gasteiger partial charge < -0.3 is 19.7 Å². The van der Waals surface area contributed by atoms with Crippen LogP contribution in [0, 0.1) is 6.92 Å². The number of nitrogens with zero attached hydrogens (tertiary/aromatic N) is 2. The third-order valence-corrected chi connectivity index (χ3v) is 5.81. The minimum atomic E-state index is -0.111. The zero-order chi connectivity index (χ0) is 18.7. The molecule has 26 heavy (non-hydrogen) atoms. The van der Waals surface area contributed by atoms with Crippen molar-refractivity contribution in [2.75, 3.05) is 20.8 Å². The predicted molar refractivity (Wildman–Crippen MR) is 102 cm³/mol. The Morgan fingerprint density at radius 1 is 1.38 bits per heavy atom.